The molecule has 1 aromatic rings. The highest BCUT2D eigenvalue weighted by Gasteiger charge is 2.10. The van der Waals surface area contributed by atoms with E-state index in [2.05, 4.69) is 11.4 Å². The summed E-state index contributed by atoms with van der Waals surface area (Å²) in [5, 5.41) is 12.3. The molecule has 1 atom stereocenters. The van der Waals surface area contributed by atoms with Gasteiger partial charge in [0.2, 0.25) is 0 Å². The van der Waals surface area contributed by atoms with E-state index < -0.39 is 0 Å². The summed E-state index contributed by atoms with van der Waals surface area (Å²) in [6, 6.07) is 6.09. The van der Waals surface area contributed by atoms with E-state index in [0.29, 0.717) is 6.54 Å². The van der Waals surface area contributed by atoms with Crippen molar-refractivity contribution in [3.05, 3.63) is 23.8 Å². The number of aliphatic hydroxyl groups excluding tert-OH is 1. The summed E-state index contributed by atoms with van der Waals surface area (Å²) < 4.78 is 11.2. The Hall–Kier alpha value is -1.26. The fraction of sp³-hybridized carbons (Fsp3) is 0.571. The molecule has 18 heavy (non-hydrogen) atoms. The van der Waals surface area contributed by atoms with Crippen molar-refractivity contribution in [3.8, 4) is 11.5 Å². The van der Waals surface area contributed by atoms with E-state index in [0.717, 1.165) is 44.1 Å². The first-order valence-electron chi connectivity index (χ1n) is 6.53. The Bertz CT molecular complexity index is 379. The third-order valence-electron chi connectivity index (χ3n) is 2.84. The van der Waals surface area contributed by atoms with Gasteiger partial charge < -0.3 is 19.9 Å². The van der Waals surface area contributed by atoms with Gasteiger partial charge in [0.25, 0.3) is 0 Å². The Labute approximate surface area is 108 Å². The molecule has 0 radical (unpaired) electrons. The molecule has 1 aromatic carbocycles. The maximum Gasteiger partial charge on any atom is 0.161 e. The average molecular weight is 251 g/mol. The van der Waals surface area contributed by atoms with Crippen molar-refractivity contribution < 1.29 is 14.6 Å². The lowest BCUT2D eigenvalue weighted by atomic mass is 10.1. The molecule has 1 heterocycles. The van der Waals surface area contributed by atoms with Crippen LogP contribution in [-0.4, -0.2) is 37.5 Å². The van der Waals surface area contributed by atoms with Crippen molar-refractivity contribution >= 4 is 0 Å². The van der Waals surface area contributed by atoms with Gasteiger partial charge in [0.05, 0.1) is 19.3 Å². The molecule has 0 aromatic heterocycles. The Balaban J connectivity index is 1.88. The van der Waals surface area contributed by atoms with E-state index in [4.69, 9.17) is 14.6 Å². The molecule has 0 bridgehead atoms. The van der Waals surface area contributed by atoms with Crippen LogP contribution in [0.5, 0.6) is 11.5 Å². The minimum absolute atomic E-state index is 0.297. The monoisotopic (exact) mass is 251 g/mol. The lowest BCUT2D eigenvalue weighted by Crippen LogP contribution is -2.26. The van der Waals surface area contributed by atoms with Gasteiger partial charge in [-0.1, -0.05) is 6.07 Å². The van der Waals surface area contributed by atoms with Gasteiger partial charge in [-0.15, -0.1) is 0 Å². The zero-order valence-electron chi connectivity index (χ0n) is 10.8. The van der Waals surface area contributed by atoms with Gasteiger partial charge in [0.15, 0.2) is 11.5 Å². The van der Waals surface area contributed by atoms with Crippen molar-refractivity contribution in [3.63, 3.8) is 0 Å². The highest BCUT2D eigenvalue weighted by Crippen LogP contribution is 2.30. The quantitative estimate of drug-likeness (QED) is 0.776. The third kappa shape index (κ3) is 3.89. The zero-order valence-corrected chi connectivity index (χ0v) is 10.8. The maximum atomic E-state index is 9.14. The molecular formula is C14H21NO3. The number of nitrogens with one attached hydrogen (secondary N) is 1. The van der Waals surface area contributed by atoms with Crippen molar-refractivity contribution in [1.82, 2.24) is 5.32 Å². The lowest BCUT2D eigenvalue weighted by Gasteiger charge is -2.10. The number of hydrogen-bond donors (Lipinski definition) is 2. The summed E-state index contributed by atoms with van der Waals surface area (Å²) in [7, 11) is 0. The van der Waals surface area contributed by atoms with Crippen molar-refractivity contribution in [2.24, 2.45) is 0 Å². The number of hydrogen-bond acceptors (Lipinski definition) is 4. The van der Waals surface area contributed by atoms with E-state index in [1.54, 1.807) is 6.92 Å². The summed E-state index contributed by atoms with van der Waals surface area (Å²) in [4.78, 5) is 0. The first-order valence-corrected chi connectivity index (χ1v) is 6.53. The zero-order chi connectivity index (χ0) is 12.8. The van der Waals surface area contributed by atoms with Crippen molar-refractivity contribution in [1.29, 1.82) is 0 Å². The van der Waals surface area contributed by atoms with Crippen LogP contribution in [0.3, 0.4) is 0 Å². The van der Waals surface area contributed by atoms with Crippen molar-refractivity contribution in [2.45, 2.75) is 25.9 Å². The van der Waals surface area contributed by atoms with Gasteiger partial charge in [-0.25, -0.2) is 0 Å². The van der Waals surface area contributed by atoms with Gasteiger partial charge in [-0.2, -0.15) is 0 Å². The first kappa shape index (κ1) is 13.2. The minimum atomic E-state index is -0.297. The van der Waals surface area contributed by atoms with Crippen LogP contribution in [-0.2, 0) is 6.42 Å². The van der Waals surface area contributed by atoms with Crippen molar-refractivity contribution in [2.75, 3.05) is 26.3 Å². The summed E-state index contributed by atoms with van der Waals surface area (Å²) in [6.45, 7) is 4.70. The number of ether oxygens (including phenoxy) is 2. The molecule has 1 aliphatic heterocycles. The standard InChI is InChI=1S/C14H21NO3/c1-11(16)10-15-6-5-12-3-4-13-14(9-12)18-8-2-7-17-13/h3-4,9,11,15-16H,2,5-8,10H2,1H3. The second kappa shape index (κ2) is 6.61. The molecule has 0 aliphatic carbocycles. The van der Waals surface area contributed by atoms with Crippen LogP contribution in [0.2, 0.25) is 0 Å². The summed E-state index contributed by atoms with van der Waals surface area (Å²) in [6.07, 6.45) is 1.55. The summed E-state index contributed by atoms with van der Waals surface area (Å²) in [5.41, 5.74) is 1.22. The molecule has 0 saturated carbocycles. The molecule has 0 amide bonds. The van der Waals surface area contributed by atoms with Crippen LogP contribution in [0.15, 0.2) is 18.2 Å². The average Bonchev–Trinajstić information content (AvgIpc) is 2.59. The van der Waals surface area contributed by atoms with Gasteiger partial charge in [-0.3, -0.25) is 0 Å². The highest BCUT2D eigenvalue weighted by molar-refractivity contribution is 5.43. The van der Waals surface area contributed by atoms with E-state index in [-0.39, 0.29) is 6.10 Å². The van der Waals surface area contributed by atoms with E-state index in [1.165, 1.54) is 5.56 Å². The Morgan fingerprint density at radius 1 is 1.28 bits per heavy atom. The predicted octanol–water partition coefficient (Wildman–Crippen LogP) is 1.36. The predicted molar refractivity (Wildman–Crippen MR) is 70.3 cm³/mol. The van der Waals surface area contributed by atoms with Crippen LogP contribution in [0.4, 0.5) is 0 Å². The summed E-state index contributed by atoms with van der Waals surface area (Å²) in [5.74, 6) is 1.69. The smallest absolute Gasteiger partial charge is 0.161 e. The molecule has 1 unspecified atom stereocenters. The number of rotatable bonds is 5. The van der Waals surface area contributed by atoms with Gasteiger partial charge >= 0.3 is 0 Å². The lowest BCUT2D eigenvalue weighted by molar-refractivity contribution is 0.191. The molecule has 2 rings (SSSR count). The third-order valence-corrected chi connectivity index (χ3v) is 2.84. The van der Waals surface area contributed by atoms with Crippen LogP contribution in [0.1, 0.15) is 18.9 Å². The van der Waals surface area contributed by atoms with Crippen LogP contribution < -0.4 is 14.8 Å². The van der Waals surface area contributed by atoms with Crippen LogP contribution in [0, 0.1) is 0 Å². The molecule has 0 saturated heterocycles. The molecule has 0 fully saturated rings. The van der Waals surface area contributed by atoms with Crippen LogP contribution >= 0.6 is 0 Å². The largest absolute Gasteiger partial charge is 0.490 e. The fourth-order valence-corrected chi connectivity index (χ4v) is 1.91. The van der Waals surface area contributed by atoms with E-state index in [9.17, 15) is 0 Å². The highest BCUT2D eigenvalue weighted by atomic mass is 16.5. The molecule has 4 nitrogen and oxygen atoms in total. The molecular weight excluding hydrogens is 230 g/mol. The molecule has 4 heteroatoms. The van der Waals surface area contributed by atoms with Gasteiger partial charge in [-0.05, 0) is 37.6 Å². The SMILES string of the molecule is CC(O)CNCCc1ccc2c(c1)OCCCO2. The van der Waals surface area contributed by atoms with Crippen LogP contribution in [0.25, 0.3) is 0 Å². The second-order valence-electron chi connectivity index (χ2n) is 4.63. The maximum absolute atomic E-state index is 9.14. The van der Waals surface area contributed by atoms with E-state index in [1.807, 2.05) is 12.1 Å². The Morgan fingerprint density at radius 3 is 2.83 bits per heavy atom. The fourth-order valence-electron chi connectivity index (χ4n) is 1.91. The van der Waals surface area contributed by atoms with Gasteiger partial charge in [0, 0.05) is 13.0 Å². The first-order chi connectivity index (χ1) is 8.75. The second-order valence-corrected chi connectivity index (χ2v) is 4.63. The molecule has 1 aliphatic rings. The number of benzene rings is 1. The minimum Gasteiger partial charge on any atom is -0.490 e. The summed E-state index contributed by atoms with van der Waals surface area (Å²) >= 11 is 0. The number of fused-ring (bicyclic) bond motifs is 1. The molecule has 0 spiro atoms. The Morgan fingerprint density at radius 2 is 2.06 bits per heavy atom. The van der Waals surface area contributed by atoms with E-state index >= 15 is 0 Å². The Kier molecular flexibility index (Phi) is 4.84. The number of aliphatic hydroxyl groups is 1. The molecule has 2 N–H and O–H groups in total. The van der Waals surface area contributed by atoms with Gasteiger partial charge in [0.1, 0.15) is 0 Å². The topological polar surface area (TPSA) is 50.7 Å². The normalized spacial score (nSPS) is 16.1. The molecule has 100 valence electrons.